The predicted octanol–water partition coefficient (Wildman–Crippen LogP) is 3.71. The number of hydrogen-bond donors (Lipinski definition) is 1. The van der Waals surface area contributed by atoms with Gasteiger partial charge < -0.3 is 10.0 Å². The summed E-state index contributed by atoms with van der Waals surface area (Å²) in [6, 6.07) is -1.04. The number of carbonyl (C=O) groups excluding carboxylic acids is 2. The first-order valence-electron chi connectivity index (χ1n) is 11.3. The van der Waals surface area contributed by atoms with E-state index in [2.05, 4.69) is 0 Å². The zero-order chi connectivity index (χ0) is 20.7. The molecule has 29 heavy (non-hydrogen) atoms. The summed E-state index contributed by atoms with van der Waals surface area (Å²) in [4.78, 5) is 26.2. The molecule has 1 aliphatic heterocycles. The molecule has 5 aliphatic rings. The Morgan fingerprint density at radius 3 is 2.59 bits per heavy atom. The topological polar surface area (TPSA) is 57.6 Å². The number of carbonyl (C=O) groups is 2. The summed E-state index contributed by atoms with van der Waals surface area (Å²) in [6.45, 7) is 1.69. The Kier molecular flexibility index (Phi) is 4.41. The number of amides is 1. The van der Waals surface area contributed by atoms with Gasteiger partial charge in [-0.25, -0.2) is 0 Å². The molecule has 1 heterocycles. The van der Waals surface area contributed by atoms with Gasteiger partial charge in [-0.05, 0) is 69.1 Å². The molecule has 4 aliphatic carbocycles. The fourth-order valence-electron chi connectivity index (χ4n) is 8.33. The Morgan fingerprint density at radius 1 is 1.14 bits per heavy atom. The number of likely N-dealkylation sites (tertiary alicyclic amines) is 1. The van der Waals surface area contributed by atoms with Gasteiger partial charge in [0, 0.05) is 30.3 Å². The predicted molar refractivity (Wildman–Crippen MR) is 98.6 cm³/mol. The smallest absolute Gasteiger partial charge is 0.389 e. The molecule has 0 aromatic rings. The van der Waals surface area contributed by atoms with E-state index >= 15 is 0 Å². The van der Waals surface area contributed by atoms with Crippen LogP contribution in [-0.4, -0.2) is 45.6 Å². The molecule has 5 rings (SSSR count). The summed E-state index contributed by atoms with van der Waals surface area (Å²) in [5, 5.41) is 11.8. The molecule has 0 spiro atoms. The molecule has 162 valence electrons. The highest BCUT2D eigenvalue weighted by atomic mass is 19.4. The van der Waals surface area contributed by atoms with E-state index < -0.39 is 29.8 Å². The van der Waals surface area contributed by atoms with Crippen LogP contribution in [0, 0.1) is 35.5 Å². The number of hydrogen-bond acceptors (Lipinski definition) is 3. The summed E-state index contributed by atoms with van der Waals surface area (Å²) < 4.78 is 40.0. The van der Waals surface area contributed by atoms with Crippen LogP contribution in [0.2, 0.25) is 0 Å². The fourth-order valence-corrected chi connectivity index (χ4v) is 8.33. The largest absolute Gasteiger partial charge is 0.471 e. The molecule has 5 fully saturated rings. The SMILES string of the molecule is C[C@@H]1CC[C@H]2[C@H](C[C@@H]3C[C@@]2(O)[C@H]2CC(=O)[C@H]4CCCC[C@@H]4[C@@H]32)N1C(=O)C(F)(F)F. The van der Waals surface area contributed by atoms with Gasteiger partial charge in [0.2, 0.25) is 0 Å². The summed E-state index contributed by atoms with van der Waals surface area (Å²) in [5.74, 6) is -1.36. The number of Topliss-reactive ketones (excluding diaryl/α,β-unsaturated/α-hetero) is 1. The maximum atomic E-state index is 13.3. The number of halogens is 3. The van der Waals surface area contributed by atoms with Gasteiger partial charge in [0.15, 0.2) is 0 Å². The van der Waals surface area contributed by atoms with Crippen molar-refractivity contribution in [1.82, 2.24) is 4.90 Å². The molecule has 1 N–H and O–H groups in total. The number of alkyl halides is 3. The van der Waals surface area contributed by atoms with Crippen molar-refractivity contribution < 1.29 is 27.9 Å². The molecule has 4 saturated carbocycles. The lowest BCUT2D eigenvalue weighted by Gasteiger charge is -2.53. The monoisotopic (exact) mass is 413 g/mol. The Labute approximate surface area is 169 Å². The average molecular weight is 413 g/mol. The standard InChI is InChI=1S/C22H30F3NO3/c1-11-6-7-15-17(26(11)20(28)22(23,24)25)8-12-10-21(15,29)16-9-18(27)13-4-2-3-5-14(13)19(12)16/h11-17,19,29H,2-10H2,1H3/t11-,12-,13+,14+,15+,16+,17+,19-,21+/m1/s1. The van der Waals surface area contributed by atoms with Crippen LogP contribution >= 0.6 is 0 Å². The third kappa shape index (κ3) is 2.75. The highest BCUT2D eigenvalue weighted by Gasteiger charge is 2.68. The van der Waals surface area contributed by atoms with Gasteiger partial charge >= 0.3 is 12.1 Å². The van der Waals surface area contributed by atoms with E-state index in [0.29, 0.717) is 32.1 Å². The van der Waals surface area contributed by atoms with E-state index in [1.54, 1.807) is 6.92 Å². The van der Waals surface area contributed by atoms with Crippen LogP contribution in [0.4, 0.5) is 13.2 Å². The van der Waals surface area contributed by atoms with Gasteiger partial charge in [-0.15, -0.1) is 0 Å². The third-order valence-corrected chi connectivity index (χ3v) is 9.24. The molecule has 0 aromatic carbocycles. The lowest BCUT2D eigenvalue weighted by molar-refractivity contribution is -0.202. The molecular formula is C22H30F3NO3. The third-order valence-electron chi connectivity index (χ3n) is 9.24. The van der Waals surface area contributed by atoms with Crippen molar-refractivity contribution in [2.45, 2.75) is 88.6 Å². The number of aliphatic hydroxyl groups is 1. The molecule has 0 radical (unpaired) electrons. The maximum Gasteiger partial charge on any atom is 0.471 e. The van der Waals surface area contributed by atoms with Crippen molar-refractivity contribution in [3.8, 4) is 0 Å². The van der Waals surface area contributed by atoms with Crippen LogP contribution < -0.4 is 0 Å². The van der Waals surface area contributed by atoms with Crippen molar-refractivity contribution in [3.05, 3.63) is 0 Å². The zero-order valence-corrected chi connectivity index (χ0v) is 16.8. The fraction of sp³-hybridized carbons (Fsp3) is 0.909. The van der Waals surface area contributed by atoms with Crippen LogP contribution in [0.5, 0.6) is 0 Å². The lowest BCUT2D eigenvalue weighted by Crippen LogP contribution is -2.63. The van der Waals surface area contributed by atoms with Crippen LogP contribution in [0.15, 0.2) is 0 Å². The summed E-state index contributed by atoms with van der Waals surface area (Å²) in [6.07, 6.45) is 1.75. The normalized spacial score (nSPS) is 49.3. The first kappa shape index (κ1) is 19.8. The van der Waals surface area contributed by atoms with Gasteiger partial charge in [-0.2, -0.15) is 13.2 Å². The summed E-state index contributed by atoms with van der Waals surface area (Å²) >= 11 is 0. The van der Waals surface area contributed by atoms with E-state index in [-0.39, 0.29) is 41.3 Å². The average Bonchev–Trinajstić information content (AvgIpc) is 2.89. The second-order valence-electron chi connectivity index (χ2n) is 10.4. The molecule has 2 bridgehead atoms. The van der Waals surface area contributed by atoms with E-state index in [9.17, 15) is 27.9 Å². The molecular weight excluding hydrogens is 383 g/mol. The number of fused-ring (bicyclic) bond motifs is 9. The van der Waals surface area contributed by atoms with Crippen molar-refractivity contribution in [2.75, 3.05) is 0 Å². The van der Waals surface area contributed by atoms with Crippen LogP contribution in [-0.2, 0) is 9.59 Å². The van der Waals surface area contributed by atoms with Crippen molar-refractivity contribution in [3.63, 3.8) is 0 Å². The Bertz CT molecular complexity index is 725. The van der Waals surface area contributed by atoms with E-state index in [0.717, 1.165) is 30.6 Å². The number of rotatable bonds is 0. The minimum absolute atomic E-state index is 0.0711. The van der Waals surface area contributed by atoms with E-state index in [4.69, 9.17) is 0 Å². The molecule has 1 amide bonds. The first-order valence-corrected chi connectivity index (χ1v) is 11.3. The zero-order valence-electron chi connectivity index (χ0n) is 16.8. The molecule has 7 heteroatoms. The number of ketones is 1. The van der Waals surface area contributed by atoms with Gasteiger partial charge in [0.25, 0.3) is 0 Å². The van der Waals surface area contributed by atoms with Crippen LogP contribution in [0.3, 0.4) is 0 Å². The highest BCUT2D eigenvalue weighted by Crippen LogP contribution is 2.65. The quantitative estimate of drug-likeness (QED) is 0.659. The van der Waals surface area contributed by atoms with Crippen molar-refractivity contribution in [1.29, 1.82) is 0 Å². The Hall–Kier alpha value is -1.11. The molecule has 4 nitrogen and oxygen atoms in total. The van der Waals surface area contributed by atoms with Gasteiger partial charge in [-0.1, -0.05) is 12.8 Å². The highest BCUT2D eigenvalue weighted by molar-refractivity contribution is 5.83. The Balaban J connectivity index is 1.52. The maximum absolute atomic E-state index is 13.3. The number of nitrogens with zero attached hydrogens (tertiary/aromatic N) is 1. The summed E-state index contributed by atoms with van der Waals surface area (Å²) in [7, 11) is 0. The van der Waals surface area contributed by atoms with E-state index in [1.807, 2.05) is 0 Å². The van der Waals surface area contributed by atoms with Gasteiger partial charge in [0.1, 0.15) is 5.78 Å². The molecule has 9 atom stereocenters. The number of piperidine rings is 1. The van der Waals surface area contributed by atoms with Gasteiger partial charge in [0.05, 0.1) is 5.60 Å². The van der Waals surface area contributed by atoms with Crippen molar-refractivity contribution in [2.24, 2.45) is 35.5 Å². The molecule has 0 aromatic heterocycles. The first-order chi connectivity index (χ1) is 13.6. The van der Waals surface area contributed by atoms with E-state index in [1.165, 1.54) is 0 Å². The lowest BCUT2D eigenvalue weighted by atomic mass is 9.58. The Morgan fingerprint density at radius 2 is 1.86 bits per heavy atom. The minimum atomic E-state index is -4.90. The van der Waals surface area contributed by atoms with Crippen molar-refractivity contribution >= 4 is 11.7 Å². The molecule has 1 saturated heterocycles. The summed E-state index contributed by atoms with van der Waals surface area (Å²) in [5.41, 5.74) is -1.11. The second-order valence-corrected chi connectivity index (χ2v) is 10.4. The van der Waals surface area contributed by atoms with Crippen LogP contribution in [0.1, 0.15) is 64.7 Å². The van der Waals surface area contributed by atoms with Gasteiger partial charge in [-0.3, -0.25) is 9.59 Å². The second kappa shape index (κ2) is 6.44. The van der Waals surface area contributed by atoms with Crippen LogP contribution in [0.25, 0.3) is 0 Å². The molecule has 0 unspecified atom stereocenters. The minimum Gasteiger partial charge on any atom is -0.389 e.